The molecular weight excluding hydrogens is 710 g/mol. The van der Waals surface area contributed by atoms with E-state index in [1.54, 1.807) is 0 Å². The minimum Gasteiger partial charge on any atom is -0.475 e. The number of hydrogen-bond donors (Lipinski definition) is 6. The summed E-state index contributed by atoms with van der Waals surface area (Å²) in [5.41, 5.74) is -2.57. The van der Waals surface area contributed by atoms with Crippen LogP contribution >= 0.6 is 0 Å². The van der Waals surface area contributed by atoms with Gasteiger partial charge in [0.1, 0.15) is 24.4 Å². The van der Waals surface area contributed by atoms with E-state index in [0.29, 0.717) is 6.08 Å². The Kier molecular flexibility index (Phi) is 12.5. The summed E-state index contributed by atoms with van der Waals surface area (Å²) in [5.74, 6) is -5.07. The number of carboxylic acid groups (broad SMARTS) is 1. The van der Waals surface area contributed by atoms with Crippen molar-refractivity contribution in [1.29, 1.82) is 0 Å². The fourth-order valence-corrected chi connectivity index (χ4v) is 5.09. The molecule has 0 amide bonds. The van der Waals surface area contributed by atoms with Gasteiger partial charge in [-0.25, -0.2) is 13.2 Å². The average Bonchev–Trinajstić information content (AvgIpc) is 2.85. The van der Waals surface area contributed by atoms with Crippen LogP contribution in [0.4, 0.5) is 0 Å². The number of carbonyl (C=O) groups is 3. The Balaban J connectivity index is 2.68. The summed E-state index contributed by atoms with van der Waals surface area (Å²) in [6.45, 7) is 6.85. The van der Waals surface area contributed by atoms with Crippen LogP contribution < -0.4 is 4.72 Å². The van der Waals surface area contributed by atoms with E-state index in [1.165, 1.54) is 46.3 Å². The largest absolute Gasteiger partial charge is 0.475 e. The Morgan fingerprint density at radius 2 is 1.38 bits per heavy atom. The molecule has 1 saturated heterocycles. The molecule has 2 aliphatic rings. The van der Waals surface area contributed by atoms with Crippen LogP contribution in [0.2, 0.25) is 0 Å². The van der Waals surface area contributed by atoms with E-state index in [2.05, 4.69) is 8.37 Å². The first-order valence-electron chi connectivity index (χ1n) is 13.0. The monoisotopic (exact) mass is 745 g/mol. The highest BCUT2D eigenvalue weighted by molar-refractivity contribution is 7.83. The molecule has 0 aromatic carbocycles. The molecule has 0 aromatic heterocycles. The summed E-state index contributed by atoms with van der Waals surface area (Å²) < 4.78 is 134. The summed E-state index contributed by atoms with van der Waals surface area (Å²) >= 11 is 0. The molecule has 0 aromatic rings. The summed E-state index contributed by atoms with van der Waals surface area (Å²) in [6.07, 6.45) is -15.2. The summed E-state index contributed by atoms with van der Waals surface area (Å²) in [5, 5.41) is 20.8. The van der Waals surface area contributed by atoms with Crippen LogP contribution in [0.3, 0.4) is 0 Å². The van der Waals surface area contributed by atoms with Gasteiger partial charge < -0.3 is 33.9 Å². The van der Waals surface area contributed by atoms with E-state index in [4.69, 9.17) is 28.2 Å². The molecule has 0 spiro atoms. The Hall–Kier alpha value is -2.56. The molecule has 2 aliphatic heterocycles. The maximum absolute atomic E-state index is 12.6. The first-order chi connectivity index (χ1) is 21.0. The Morgan fingerprint density at radius 3 is 1.83 bits per heavy atom. The molecule has 47 heavy (non-hydrogen) atoms. The molecule has 272 valence electrons. The van der Waals surface area contributed by atoms with Gasteiger partial charge in [0.2, 0.25) is 18.3 Å². The van der Waals surface area contributed by atoms with Gasteiger partial charge in [0.25, 0.3) is 0 Å². The number of carboxylic acids is 1. The van der Waals surface area contributed by atoms with Crippen molar-refractivity contribution in [1.82, 2.24) is 4.72 Å². The van der Waals surface area contributed by atoms with Crippen molar-refractivity contribution in [3.8, 4) is 0 Å². The third kappa shape index (κ3) is 12.4. The first-order valence-corrected chi connectivity index (χ1v) is 17.2. The third-order valence-electron chi connectivity index (χ3n) is 5.92. The predicted octanol–water partition coefficient (Wildman–Crippen LogP) is -1.90. The molecule has 6 N–H and O–H groups in total. The van der Waals surface area contributed by atoms with Crippen LogP contribution in [0.5, 0.6) is 0 Å². The second kappa shape index (κ2) is 14.5. The number of nitrogens with one attached hydrogen (secondary N) is 1. The highest BCUT2D eigenvalue weighted by Gasteiger charge is 2.53. The number of rotatable bonds is 12. The number of hydrogen-bond acceptors (Lipinski definition) is 17. The minimum absolute atomic E-state index is 0.569. The van der Waals surface area contributed by atoms with Crippen LogP contribution in [0.15, 0.2) is 11.8 Å². The molecule has 0 bridgehead atoms. The Bertz CT molecular complexity index is 1540. The van der Waals surface area contributed by atoms with Gasteiger partial charge in [-0.1, -0.05) is 0 Å². The van der Waals surface area contributed by atoms with Crippen LogP contribution in [0, 0.1) is 10.8 Å². The maximum atomic E-state index is 12.6. The molecule has 1 fully saturated rings. The average molecular weight is 746 g/mol. The zero-order valence-electron chi connectivity index (χ0n) is 25.4. The predicted molar refractivity (Wildman–Crippen MR) is 147 cm³/mol. The first kappa shape index (κ1) is 40.6. The van der Waals surface area contributed by atoms with Crippen molar-refractivity contribution in [2.24, 2.45) is 10.8 Å². The van der Waals surface area contributed by atoms with E-state index < -0.39 is 121 Å². The summed E-state index contributed by atoms with van der Waals surface area (Å²) in [4.78, 5) is 37.1. The van der Waals surface area contributed by atoms with Crippen LogP contribution in [-0.4, -0.2) is 123 Å². The third-order valence-corrected chi connectivity index (χ3v) is 7.39. The highest BCUT2D eigenvalue weighted by atomic mass is 32.3. The van der Waals surface area contributed by atoms with Crippen molar-refractivity contribution in [2.45, 2.75) is 90.7 Å². The molecule has 8 atom stereocenters. The molecule has 25 heteroatoms. The lowest BCUT2D eigenvalue weighted by Crippen LogP contribution is -2.67. The number of aliphatic carboxylic acids is 1. The van der Waals surface area contributed by atoms with Crippen molar-refractivity contribution >= 4 is 49.0 Å². The van der Waals surface area contributed by atoms with Crippen molar-refractivity contribution in [3.63, 3.8) is 0 Å². The second-order valence-corrected chi connectivity index (χ2v) is 15.4. The quantitative estimate of drug-likeness (QED) is 0.0938. The zero-order valence-corrected chi connectivity index (χ0v) is 27.8. The number of esters is 2. The van der Waals surface area contributed by atoms with Crippen LogP contribution in [0.25, 0.3) is 0 Å². The molecule has 22 nitrogen and oxygen atoms in total. The van der Waals surface area contributed by atoms with Crippen LogP contribution in [0.1, 0.15) is 41.5 Å². The van der Waals surface area contributed by atoms with Gasteiger partial charge in [0.05, 0.1) is 17.4 Å². The molecule has 0 saturated carbocycles. The van der Waals surface area contributed by atoms with E-state index in [1.807, 2.05) is 0 Å². The fraction of sp³-hybridized carbons (Fsp3) is 0.773. The highest BCUT2D eigenvalue weighted by Crippen LogP contribution is 2.33. The summed E-state index contributed by atoms with van der Waals surface area (Å²) in [6, 6.07) is -2.21. The molecule has 0 unspecified atom stereocenters. The van der Waals surface area contributed by atoms with Crippen molar-refractivity contribution in [2.75, 3.05) is 6.61 Å². The normalized spacial score (nSPS) is 29.3. The molecule has 0 aliphatic carbocycles. The molecular formula is C22H35NO21S3. The lowest BCUT2D eigenvalue weighted by molar-refractivity contribution is -0.307. The van der Waals surface area contributed by atoms with Gasteiger partial charge >= 0.3 is 49.0 Å². The Morgan fingerprint density at radius 1 is 0.851 bits per heavy atom. The SMILES string of the molecule is CC(C)(C)C(=O)O[C@H]1O[C@H](COS(=O)(=O)O)[C@@H](O[C@@H]2OC(C(=O)O)=C[C@H](OC(=O)C(C)(C)C)[C@H]2OS(=O)(=O)O)[C@H](O)[C@H]1NS(=O)(=O)O. The second-order valence-electron chi connectivity index (χ2n) is 12.1. The lowest BCUT2D eigenvalue weighted by atomic mass is 9.95. The van der Waals surface area contributed by atoms with E-state index >= 15 is 0 Å². The van der Waals surface area contributed by atoms with Gasteiger partial charge in [-0.2, -0.15) is 30.0 Å². The van der Waals surface area contributed by atoms with E-state index in [-0.39, 0.29) is 0 Å². The topological polar surface area (TPSA) is 331 Å². The Labute approximate surface area is 269 Å². The van der Waals surface area contributed by atoms with Gasteiger partial charge in [0.15, 0.2) is 12.2 Å². The fourth-order valence-electron chi connectivity index (χ4n) is 3.71. The van der Waals surface area contributed by atoms with Crippen molar-refractivity contribution in [3.05, 3.63) is 11.8 Å². The number of aliphatic hydroxyl groups excluding tert-OH is 1. The van der Waals surface area contributed by atoms with E-state index in [9.17, 15) is 59.0 Å². The standard InChI is InChI=1S/C22H35NO21S3/c1-21(2,3)19(27)41-9-7-10(16(25)26)39-18(15(9)44-47(35,36)37)42-14-11(8-38-46(32,33)34)40-17(43-20(28)22(4,5)6)12(13(14)24)23-45(29,30)31/h7,9,11-15,17-18,23-24H,8H2,1-6H3,(H,25,26)(H,29,30,31)(H,32,33,34)(H,35,36,37)/t9-,11+,12+,13+,14+,15+,17+,18-/m0/s1. The number of ether oxygens (including phenoxy) is 5. The van der Waals surface area contributed by atoms with Crippen LogP contribution in [-0.2, 0) is 77.5 Å². The van der Waals surface area contributed by atoms with Gasteiger partial charge in [-0.15, -0.1) is 0 Å². The molecule has 2 rings (SSSR count). The summed E-state index contributed by atoms with van der Waals surface area (Å²) in [7, 11) is -16.1. The molecule has 2 heterocycles. The van der Waals surface area contributed by atoms with E-state index in [0.717, 1.165) is 0 Å². The maximum Gasteiger partial charge on any atom is 0.397 e. The minimum atomic E-state index is -5.51. The number of aliphatic hydroxyl groups is 1. The molecule has 0 radical (unpaired) electrons. The zero-order chi connectivity index (χ0) is 36.5. The van der Waals surface area contributed by atoms with Crippen molar-refractivity contribution < 1.29 is 95.6 Å². The van der Waals surface area contributed by atoms with Gasteiger partial charge in [-0.05, 0) is 41.5 Å². The smallest absolute Gasteiger partial charge is 0.397 e. The lowest BCUT2D eigenvalue weighted by Gasteiger charge is -2.45. The van der Waals surface area contributed by atoms with Gasteiger partial charge in [0, 0.05) is 6.08 Å². The number of carbonyl (C=O) groups excluding carboxylic acids is 2. The van der Waals surface area contributed by atoms with Gasteiger partial charge in [-0.3, -0.25) is 23.2 Å².